The van der Waals surface area contributed by atoms with Gasteiger partial charge in [-0.05, 0) is 99.5 Å². The smallest absolute Gasteiger partial charge is 0.188 e. The first-order chi connectivity index (χ1) is 21.7. The molecule has 1 aliphatic carbocycles. The molecule has 0 saturated heterocycles. The highest BCUT2D eigenvalue weighted by molar-refractivity contribution is 6.25. The van der Waals surface area contributed by atoms with Crippen LogP contribution in [0.25, 0.3) is 0 Å². The van der Waals surface area contributed by atoms with E-state index in [4.69, 9.17) is 0 Å². The average Bonchev–Trinajstić information content (AvgIpc) is 3.00. The van der Waals surface area contributed by atoms with Gasteiger partial charge in [0.1, 0.15) is 11.5 Å². The molecule has 0 saturated carbocycles. The summed E-state index contributed by atoms with van der Waals surface area (Å²) in [4.78, 5) is 24.6. The first kappa shape index (κ1) is 40.5. The van der Waals surface area contributed by atoms with Crippen molar-refractivity contribution < 1.29 is 40.2 Å². The number of Topliss-reactive ketones (excluding diaryl/α,β-unsaturated/α-hetero) is 2. The van der Waals surface area contributed by atoms with Crippen LogP contribution in [0, 0.1) is 6.92 Å². The maximum Gasteiger partial charge on any atom is 0.188 e. The summed E-state index contributed by atoms with van der Waals surface area (Å²) in [6, 6.07) is 0. The normalized spacial score (nSPS) is 14.0. The molecule has 0 atom stereocenters. The summed E-state index contributed by atoms with van der Waals surface area (Å²) in [5.74, 6) is -0.774. The molecule has 0 fully saturated rings. The van der Waals surface area contributed by atoms with Crippen LogP contribution in [-0.4, -0.2) is 55.4 Å². The Morgan fingerprint density at radius 3 is 1.41 bits per heavy atom. The van der Waals surface area contributed by atoms with Crippen LogP contribution in [0.4, 0.5) is 0 Å². The molecule has 1 aromatic rings. The molecule has 0 radical (unpaired) electrons. The van der Waals surface area contributed by atoms with Gasteiger partial charge in [0, 0.05) is 39.0 Å². The van der Waals surface area contributed by atoms with Gasteiger partial charge in [-0.2, -0.15) is 0 Å². The van der Waals surface area contributed by atoms with Crippen LogP contribution < -0.4 is 0 Å². The van der Waals surface area contributed by atoms with Gasteiger partial charge in [-0.3, -0.25) is 9.59 Å². The number of carbonyl (C=O) groups excluding carboxylic acids is 2. The zero-order valence-electron chi connectivity index (χ0n) is 28.9. The largest absolute Gasteiger partial charge is 0.507 e. The van der Waals surface area contributed by atoms with Crippen LogP contribution in [-0.2, 0) is 29.2 Å². The Morgan fingerprint density at radius 1 is 0.543 bits per heavy atom. The topological polar surface area (TPSA) is 156 Å². The lowest BCUT2D eigenvalue weighted by atomic mass is 9.83. The van der Waals surface area contributed by atoms with Crippen molar-refractivity contribution in [3.63, 3.8) is 0 Å². The molecule has 0 amide bonds. The zero-order valence-corrected chi connectivity index (χ0v) is 28.9. The van der Waals surface area contributed by atoms with Crippen molar-refractivity contribution in [1.82, 2.24) is 0 Å². The third kappa shape index (κ3) is 11.4. The minimum atomic E-state index is -0.527. The van der Waals surface area contributed by atoms with Gasteiger partial charge in [0.2, 0.25) is 0 Å². The second kappa shape index (κ2) is 19.8. The van der Waals surface area contributed by atoms with Gasteiger partial charge in [0.15, 0.2) is 11.6 Å². The standard InChI is InChI=1S/C19H28O4.C19H26O4/c2*1-12(2)6-5-7-13(3)8-9-15-14(4)18(22)16(10-20)17(11-21)19(15)23/h6,8,20-23H,5,7,9-11H2,1-4H3;6,8,20-21H,5,7,9-11H2,1-4H3/b2*13-8+. The van der Waals surface area contributed by atoms with E-state index in [1.54, 1.807) is 13.8 Å². The number of carbonyl (C=O) groups is 2. The van der Waals surface area contributed by atoms with E-state index in [1.807, 2.05) is 26.0 Å². The van der Waals surface area contributed by atoms with Gasteiger partial charge in [-0.25, -0.2) is 0 Å². The molecule has 1 aliphatic rings. The maximum atomic E-state index is 12.4. The van der Waals surface area contributed by atoms with E-state index in [-0.39, 0.29) is 45.3 Å². The highest BCUT2D eigenvalue weighted by atomic mass is 16.3. The molecule has 0 spiro atoms. The van der Waals surface area contributed by atoms with Crippen LogP contribution in [0.3, 0.4) is 0 Å². The first-order valence-electron chi connectivity index (χ1n) is 15.7. The number of hydrogen-bond donors (Lipinski definition) is 6. The summed E-state index contributed by atoms with van der Waals surface area (Å²) in [7, 11) is 0. The second-order valence-corrected chi connectivity index (χ2v) is 12.3. The molecular weight excluding hydrogens is 584 g/mol. The highest BCUT2D eigenvalue weighted by Gasteiger charge is 2.30. The summed E-state index contributed by atoms with van der Waals surface area (Å²) >= 11 is 0. The fourth-order valence-corrected chi connectivity index (χ4v) is 5.11. The Balaban J connectivity index is 0.000000460. The van der Waals surface area contributed by atoms with Crippen LogP contribution in [0.1, 0.15) is 103 Å². The molecule has 0 bridgehead atoms. The Hall–Kier alpha value is -3.56. The average molecular weight is 639 g/mol. The summed E-state index contributed by atoms with van der Waals surface area (Å²) < 4.78 is 0. The van der Waals surface area contributed by atoms with Gasteiger partial charge >= 0.3 is 0 Å². The fraction of sp³-hybridized carbons (Fsp3) is 0.474. The molecule has 46 heavy (non-hydrogen) atoms. The predicted octanol–water partition coefficient (Wildman–Crippen LogP) is 6.44. The maximum absolute atomic E-state index is 12.4. The summed E-state index contributed by atoms with van der Waals surface area (Å²) in [6.07, 6.45) is 13.0. The summed E-state index contributed by atoms with van der Waals surface area (Å²) in [5.41, 5.74) is 7.27. The Bertz CT molecular complexity index is 1440. The first-order valence-corrected chi connectivity index (χ1v) is 15.7. The quantitative estimate of drug-likeness (QED) is 0.0772. The third-order valence-electron chi connectivity index (χ3n) is 8.13. The van der Waals surface area contributed by atoms with Gasteiger partial charge in [0.05, 0.1) is 26.4 Å². The van der Waals surface area contributed by atoms with Crippen LogP contribution in [0.5, 0.6) is 11.5 Å². The monoisotopic (exact) mass is 638 g/mol. The van der Waals surface area contributed by atoms with E-state index in [0.717, 1.165) is 31.3 Å². The Kier molecular flexibility index (Phi) is 17.5. The number of ketones is 2. The van der Waals surface area contributed by atoms with E-state index in [1.165, 1.54) is 16.7 Å². The molecular formula is C38H54O8. The number of phenols is 2. The van der Waals surface area contributed by atoms with E-state index in [2.05, 4.69) is 39.8 Å². The SMILES string of the molecule is CC(C)=CCC/C(C)=C/CC1=C(C)C(=O)C(CO)=C(CO)C1=O.CC(C)=CCC/C(C)=C/Cc1c(C)c(O)c(CO)c(CO)c1O. The van der Waals surface area contributed by atoms with Gasteiger partial charge in [-0.1, -0.05) is 46.6 Å². The fourth-order valence-electron chi connectivity index (χ4n) is 5.11. The molecule has 0 unspecified atom stereocenters. The molecule has 8 heteroatoms. The van der Waals surface area contributed by atoms with Crippen molar-refractivity contribution in [1.29, 1.82) is 0 Å². The minimum Gasteiger partial charge on any atom is -0.507 e. The second-order valence-electron chi connectivity index (χ2n) is 12.3. The van der Waals surface area contributed by atoms with Crippen molar-refractivity contribution in [2.45, 2.75) is 107 Å². The Morgan fingerprint density at radius 2 is 0.978 bits per heavy atom. The van der Waals surface area contributed by atoms with E-state index < -0.39 is 26.4 Å². The number of aliphatic hydroxyl groups is 4. The third-order valence-corrected chi connectivity index (χ3v) is 8.13. The minimum absolute atomic E-state index is 0.0167. The number of aliphatic hydroxyl groups excluding tert-OH is 4. The summed E-state index contributed by atoms with van der Waals surface area (Å²) in [5, 5.41) is 57.9. The zero-order chi connectivity index (χ0) is 35.1. The van der Waals surface area contributed by atoms with Crippen LogP contribution >= 0.6 is 0 Å². The highest BCUT2D eigenvalue weighted by Crippen LogP contribution is 2.38. The molecule has 0 aliphatic heterocycles. The van der Waals surface area contributed by atoms with E-state index in [9.17, 15) is 40.2 Å². The number of rotatable bonds is 14. The van der Waals surface area contributed by atoms with Crippen molar-refractivity contribution in [2.75, 3.05) is 13.2 Å². The van der Waals surface area contributed by atoms with Crippen molar-refractivity contribution in [3.8, 4) is 11.5 Å². The lowest BCUT2D eigenvalue weighted by Crippen LogP contribution is -2.26. The van der Waals surface area contributed by atoms with E-state index >= 15 is 0 Å². The van der Waals surface area contributed by atoms with Crippen LogP contribution in [0.2, 0.25) is 0 Å². The van der Waals surface area contributed by atoms with Gasteiger partial charge in [0.25, 0.3) is 0 Å². The van der Waals surface area contributed by atoms with Gasteiger partial charge < -0.3 is 30.6 Å². The van der Waals surface area contributed by atoms with Gasteiger partial charge in [-0.15, -0.1) is 0 Å². The molecule has 2 rings (SSSR count). The predicted molar refractivity (Wildman–Crippen MR) is 183 cm³/mol. The number of hydrogen-bond acceptors (Lipinski definition) is 8. The van der Waals surface area contributed by atoms with Crippen molar-refractivity contribution in [3.05, 3.63) is 91.1 Å². The number of allylic oxidation sites excluding steroid dienone is 10. The molecule has 0 aromatic heterocycles. The molecule has 6 N–H and O–H groups in total. The van der Waals surface area contributed by atoms with Crippen molar-refractivity contribution >= 4 is 11.6 Å². The van der Waals surface area contributed by atoms with Crippen molar-refractivity contribution in [2.24, 2.45) is 0 Å². The lowest BCUT2D eigenvalue weighted by Gasteiger charge is -2.20. The van der Waals surface area contributed by atoms with Crippen LogP contribution in [0.15, 0.2) is 68.9 Å². The number of benzene rings is 1. The summed E-state index contributed by atoms with van der Waals surface area (Å²) in [6.45, 7) is 13.7. The van der Waals surface area contributed by atoms with E-state index in [0.29, 0.717) is 35.1 Å². The lowest BCUT2D eigenvalue weighted by molar-refractivity contribution is -0.117. The molecule has 254 valence electrons. The molecule has 0 heterocycles. The molecule has 1 aromatic carbocycles. The number of aromatic hydroxyl groups is 2. The Labute approximate surface area is 274 Å². The molecule has 8 nitrogen and oxygen atoms in total.